The largest absolute Gasteiger partial charge is 0.496 e. The number of aromatic nitrogens is 5. The fourth-order valence-corrected chi connectivity index (χ4v) is 5.42. The predicted molar refractivity (Wildman–Crippen MR) is 160 cm³/mol. The fraction of sp³-hybridized carbons (Fsp3) is 0.517. The van der Waals surface area contributed by atoms with E-state index in [-0.39, 0.29) is 19.1 Å². The molecule has 3 aromatic heterocycles. The minimum Gasteiger partial charge on any atom is -0.496 e. The minimum absolute atomic E-state index is 0.0130. The molecular weight excluding hydrogens is 560 g/mol. The molecule has 0 spiro atoms. The molecule has 0 aliphatic carbocycles. The number of aliphatic hydroxyl groups is 1. The van der Waals surface area contributed by atoms with Gasteiger partial charge in [0.05, 0.1) is 30.4 Å². The van der Waals surface area contributed by atoms with Gasteiger partial charge in [-0.2, -0.15) is 10.1 Å². The zero-order valence-corrected chi connectivity index (χ0v) is 26.4. The number of carbonyl (C=O) groups is 2. The molecule has 226 valence electrons. The maximum absolute atomic E-state index is 13.4. The Labute approximate surface area is 249 Å². The third kappa shape index (κ3) is 6.84. The molecule has 1 aliphatic rings. The Balaban J connectivity index is 1.93. The lowest BCUT2D eigenvalue weighted by Gasteiger charge is -2.27. The van der Waals surface area contributed by atoms with E-state index in [2.05, 4.69) is 9.97 Å². The third-order valence-corrected chi connectivity index (χ3v) is 7.23. The second-order valence-corrected chi connectivity index (χ2v) is 12.9. The molecule has 4 heterocycles. The number of nitrogens with zero attached hydrogens (tertiary/aromatic N) is 6. The quantitative estimate of drug-likeness (QED) is 0.362. The lowest BCUT2D eigenvalue weighted by atomic mass is 10.1. The summed E-state index contributed by atoms with van der Waals surface area (Å²) in [6, 6.07) is 0. The molecule has 0 bridgehead atoms. The lowest BCUT2D eigenvalue weighted by Crippen LogP contribution is -2.44. The van der Waals surface area contributed by atoms with Gasteiger partial charge in [0.2, 0.25) is 5.95 Å². The summed E-state index contributed by atoms with van der Waals surface area (Å²) >= 11 is 1.41. The summed E-state index contributed by atoms with van der Waals surface area (Å²) in [5, 5.41) is 15.7. The van der Waals surface area contributed by atoms with Crippen LogP contribution in [0.4, 0.5) is 15.5 Å². The molecule has 0 saturated heterocycles. The van der Waals surface area contributed by atoms with Gasteiger partial charge in [-0.25, -0.2) is 19.3 Å². The minimum atomic E-state index is -0.965. The summed E-state index contributed by atoms with van der Waals surface area (Å²) in [4.78, 5) is 41.5. The molecule has 13 heteroatoms. The molecule has 0 saturated carbocycles. The van der Waals surface area contributed by atoms with Crippen molar-refractivity contribution in [3.8, 4) is 5.75 Å². The van der Waals surface area contributed by atoms with Crippen LogP contribution in [0.15, 0.2) is 16.8 Å². The van der Waals surface area contributed by atoms with Gasteiger partial charge in [0.25, 0.3) is 0 Å². The second kappa shape index (κ2) is 11.9. The first-order valence-electron chi connectivity index (χ1n) is 13.6. The summed E-state index contributed by atoms with van der Waals surface area (Å²) in [6.45, 7) is 14.3. The summed E-state index contributed by atoms with van der Waals surface area (Å²) in [5.41, 5.74) is 2.69. The molecule has 0 radical (unpaired) electrons. The van der Waals surface area contributed by atoms with Crippen LogP contribution in [0.5, 0.6) is 5.75 Å². The van der Waals surface area contributed by atoms with Crippen molar-refractivity contribution in [1.82, 2.24) is 24.7 Å². The highest BCUT2D eigenvalue weighted by Crippen LogP contribution is 2.37. The first kappa shape index (κ1) is 31.2. The van der Waals surface area contributed by atoms with Crippen LogP contribution in [0.3, 0.4) is 0 Å². The van der Waals surface area contributed by atoms with Crippen molar-refractivity contribution in [2.75, 3.05) is 24.4 Å². The van der Waals surface area contributed by atoms with Crippen molar-refractivity contribution in [1.29, 1.82) is 0 Å². The van der Waals surface area contributed by atoms with Gasteiger partial charge < -0.3 is 19.3 Å². The van der Waals surface area contributed by atoms with E-state index >= 15 is 0 Å². The number of carbonyl (C=O) groups excluding carboxylic acids is 2. The highest BCUT2D eigenvalue weighted by atomic mass is 32.2. The molecule has 0 unspecified atom stereocenters. The topological polar surface area (TPSA) is 142 Å². The molecule has 2 amide bonds. The Kier molecular flexibility index (Phi) is 8.84. The molecule has 4 rings (SSSR count). The van der Waals surface area contributed by atoms with E-state index in [9.17, 15) is 14.7 Å². The fourth-order valence-electron chi connectivity index (χ4n) is 4.38. The Morgan fingerprint density at radius 3 is 2.29 bits per heavy atom. The number of methoxy groups -OCH3 is 1. The van der Waals surface area contributed by atoms with E-state index < -0.39 is 23.4 Å². The molecule has 0 atom stereocenters. The lowest BCUT2D eigenvalue weighted by molar-refractivity contribution is 0.0427. The number of anilines is 1. The first-order chi connectivity index (χ1) is 19.6. The van der Waals surface area contributed by atoms with Crippen LogP contribution in [0.25, 0.3) is 17.1 Å². The van der Waals surface area contributed by atoms with Crippen LogP contribution in [0.2, 0.25) is 0 Å². The van der Waals surface area contributed by atoms with Gasteiger partial charge in [-0.05, 0) is 67.9 Å². The van der Waals surface area contributed by atoms with Crippen LogP contribution in [-0.2, 0) is 16.0 Å². The molecular formula is C29H38N6O6S. The Morgan fingerprint density at radius 1 is 1.07 bits per heavy atom. The van der Waals surface area contributed by atoms with Gasteiger partial charge in [0.15, 0.2) is 5.65 Å². The van der Waals surface area contributed by atoms with Crippen molar-refractivity contribution in [2.45, 2.75) is 84.6 Å². The van der Waals surface area contributed by atoms with Crippen LogP contribution in [0.1, 0.15) is 70.5 Å². The molecule has 1 N–H and O–H groups in total. The number of ether oxygens (including phenoxy) is 3. The predicted octanol–water partition coefficient (Wildman–Crippen LogP) is 5.44. The highest BCUT2D eigenvalue weighted by Gasteiger charge is 2.36. The molecule has 0 fully saturated rings. The molecule has 1 aliphatic heterocycles. The Morgan fingerprint density at radius 2 is 1.71 bits per heavy atom. The van der Waals surface area contributed by atoms with E-state index in [4.69, 9.17) is 24.3 Å². The van der Waals surface area contributed by atoms with Crippen molar-refractivity contribution >= 4 is 47.0 Å². The van der Waals surface area contributed by atoms with Crippen LogP contribution in [0, 0.1) is 13.8 Å². The number of pyridine rings is 1. The maximum Gasteiger partial charge on any atom is 0.427 e. The zero-order valence-electron chi connectivity index (χ0n) is 25.6. The summed E-state index contributed by atoms with van der Waals surface area (Å²) < 4.78 is 18.4. The van der Waals surface area contributed by atoms with E-state index in [1.165, 1.54) is 11.8 Å². The van der Waals surface area contributed by atoms with E-state index in [1.807, 2.05) is 19.9 Å². The number of imide groups is 1. The second-order valence-electron chi connectivity index (χ2n) is 12.0. The number of hydrogen-bond donors (Lipinski definition) is 1. The van der Waals surface area contributed by atoms with Gasteiger partial charge in [0, 0.05) is 29.7 Å². The van der Waals surface area contributed by atoms with Crippen LogP contribution < -0.4 is 9.64 Å². The van der Waals surface area contributed by atoms with Crippen molar-refractivity contribution in [3.63, 3.8) is 0 Å². The highest BCUT2D eigenvalue weighted by molar-refractivity contribution is 7.99. The first-order valence-corrected chi connectivity index (χ1v) is 14.6. The normalized spacial score (nSPS) is 13.4. The van der Waals surface area contributed by atoms with Crippen LogP contribution in [-0.4, -0.2) is 72.7 Å². The van der Waals surface area contributed by atoms with Gasteiger partial charge in [-0.1, -0.05) is 5.57 Å². The Bertz CT molecular complexity index is 1520. The smallest absolute Gasteiger partial charge is 0.427 e. The van der Waals surface area contributed by atoms with E-state index in [0.29, 0.717) is 33.9 Å². The van der Waals surface area contributed by atoms with Gasteiger partial charge >= 0.3 is 12.2 Å². The third-order valence-electron chi connectivity index (χ3n) is 6.14. The zero-order chi connectivity index (χ0) is 31.0. The van der Waals surface area contributed by atoms with E-state index in [1.54, 1.807) is 59.5 Å². The summed E-state index contributed by atoms with van der Waals surface area (Å²) in [5.74, 6) is 1.07. The van der Waals surface area contributed by atoms with Gasteiger partial charge in [-0.3, -0.25) is 4.98 Å². The molecule has 42 heavy (non-hydrogen) atoms. The number of hydrogen-bond acceptors (Lipinski definition) is 11. The number of aryl methyl sites for hydroxylation is 1. The summed E-state index contributed by atoms with van der Waals surface area (Å²) in [6.07, 6.45) is 2.20. The average molecular weight is 599 g/mol. The standard InChI is InChI=1S/C29H38N6O6S/c1-16-13-30-20(17(2)22(16)39-9)14-34-23-21-19(33-34)12-18(10-11-36)15-42-24(21)32-25(31-23)35(26(37)40-28(3,4)5)27(38)41-29(6,7)8/h12-13,36H,10-11,14-15H2,1-9H3. The van der Waals surface area contributed by atoms with E-state index in [0.717, 1.165) is 33.0 Å². The molecule has 0 aromatic carbocycles. The van der Waals surface area contributed by atoms with Crippen molar-refractivity contribution < 1.29 is 28.9 Å². The molecule has 12 nitrogen and oxygen atoms in total. The monoisotopic (exact) mass is 598 g/mol. The van der Waals surface area contributed by atoms with Crippen molar-refractivity contribution in [3.05, 3.63) is 34.3 Å². The Hall–Kier alpha value is -3.71. The molecule has 3 aromatic rings. The number of amides is 2. The summed E-state index contributed by atoms with van der Waals surface area (Å²) in [7, 11) is 1.62. The van der Waals surface area contributed by atoms with Gasteiger partial charge in [0.1, 0.15) is 22.0 Å². The average Bonchev–Trinajstić information content (AvgIpc) is 3.09. The van der Waals surface area contributed by atoms with Crippen molar-refractivity contribution in [2.24, 2.45) is 0 Å². The number of rotatable bonds is 6. The maximum atomic E-state index is 13.4. The number of aliphatic hydroxyl groups excluding tert-OH is 1. The SMILES string of the molecule is COc1c(C)cnc(Cn2nc3c4c(nc(N(C(=O)OC(C)(C)C)C(=O)OC(C)(C)C)nc42)SCC(CCO)=C3)c1C. The van der Waals surface area contributed by atoms with Crippen LogP contribution >= 0.6 is 11.8 Å². The number of thioether (sulfide) groups is 1. The van der Waals surface area contributed by atoms with Gasteiger partial charge in [-0.15, -0.1) is 16.7 Å².